The van der Waals surface area contributed by atoms with E-state index < -0.39 is 8.32 Å². The van der Waals surface area contributed by atoms with Gasteiger partial charge < -0.3 is 13.9 Å². The second-order valence-corrected chi connectivity index (χ2v) is 12.9. The maximum Gasteiger partial charge on any atom is 0.309 e. The Labute approximate surface area is 148 Å². The van der Waals surface area contributed by atoms with Crippen molar-refractivity contribution >= 4 is 14.3 Å². The lowest BCUT2D eigenvalue weighted by Crippen LogP contribution is -2.44. The first-order valence-electron chi connectivity index (χ1n) is 8.70. The summed E-state index contributed by atoms with van der Waals surface area (Å²) < 4.78 is 17.3. The van der Waals surface area contributed by atoms with Gasteiger partial charge in [0, 0.05) is 5.92 Å². The van der Waals surface area contributed by atoms with Gasteiger partial charge in [0.2, 0.25) is 0 Å². The van der Waals surface area contributed by atoms with E-state index in [-0.39, 0.29) is 35.1 Å². The molecule has 1 heterocycles. The van der Waals surface area contributed by atoms with Crippen LogP contribution < -0.4 is 0 Å². The minimum absolute atomic E-state index is 0.000397. The van der Waals surface area contributed by atoms with Crippen LogP contribution in [0.5, 0.6) is 0 Å². The van der Waals surface area contributed by atoms with Crippen molar-refractivity contribution < 1.29 is 18.7 Å². The van der Waals surface area contributed by atoms with E-state index in [9.17, 15) is 4.79 Å². The summed E-state index contributed by atoms with van der Waals surface area (Å²) in [6.07, 6.45) is 6.50. The molecule has 0 amide bonds. The zero-order valence-corrected chi connectivity index (χ0v) is 17.3. The van der Waals surface area contributed by atoms with Crippen molar-refractivity contribution in [3.8, 4) is 0 Å². The van der Waals surface area contributed by atoms with Crippen LogP contribution in [0.1, 0.15) is 34.1 Å². The van der Waals surface area contributed by atoms with Gasteiger partial charge in [0.1, 0.15) is 0 Å². The quantitative estimate of drug-likeness (QED) is 0.388. The fraction of sp³-hybridized carbons (Fsp3) is 0.737. The molecule has 0 spiro atoms. The first-order valence-corrected chi connectivity index (χ1v) is 11.6. The molecule has 4 atom stereocenters. The van der Waals surface area contributed by atoms with Crippen LogP contribution in [0.25, 0.3) is 0 Å². The largest absolute Gasteiger partial charge is 0.469 e. The average molecular weight is 355 g/mol. The average Bonchev–Trinajstić information content (AvgIpc) is 2.51. The molecule has 0 radical (unpaired) electrons. The fourth-order valence-corrected chi connectivity index (χ4v) is 3.56. The van der Waals surface area contributed by atoms with E-state index in [0.29, 0.717) is 13.0 Å². The summed E-state index contributed by atoms with van der Waals surface area (Å²) in [6, 6.07) is 0. The zero-order valence-electron chi connectivity index (χ0n) is 16.3. The first-order chi connectivity index (χ1) is 11.0. The highest BCUT2D eigenvalue weighted by atomic mass is 28.4. The molecule has 0 fully saturated rings. The summed E-state index contributed by atoms with van der Waals surface area (Å²) in [6.45, 7) is 17.4. The van der Waals surface area contributed by atoms with Gasteiger partial charge in [0.25, 0.3) is 0 Å². The lowest BCUT2D eigenvalue weighted by Gasteiger charge is -2.39. The number of carbonyl (C=O) groups is 1. The molecule has 24 heavy (non-hydrogen) atoms. The van der Waals surface area contributed by atoms with Gasteiger partial charge in [-0.25, -0.2) is 0 Å². The SMILES string of the molecule is C=CC[C@H]1O[C@H](CO[Si](C)(C)C(C)(C)C)C=C[C@@H]1C(C)C(=O)OC. The maximum atomic E-state index is 11.9. The number of carbonyl (C=O) groups excluding carboxylic acids is 1. The Kier molecular flexibility index (Phi) is 7.44. The monoisotopic (exact) mass is 354 g/mol. The molecular weight excluding hydrogens is 320 g/mol. The molecule has 1 rings (SSSR count). The van der Waals surface area contributed by atoms with Crippen LogP contribution in [0.3, 0.4) is 0 Å². The minimum Gasteiger partial charge on any atom is -0.469 e. The Morgan fingerprint density at radius 1 is 1.38 bits per heavy atom. The molecule has 0 saturated heterocycles. The molecule has 0 bridgehead atoms. The Morgan fingerprint density at radius 2 is 2.00 bits per heavy atom. The summed E-state index contributed by atoms with van der Waals surface area (Å²) in [7, 11) is -0.379. The third-order valence-corrected chi connectivity index (χ3v) is 9.79. The third kappa shape index (κ3) is 5.29. The van der Waals surface area contributed by atoms with E-state index in [2.05, 4.69) is 46.5 Å². The molecule has 0 saturated carbocycles. The van der Waals surface area contributed by atoms with Gasteiger partial charge >= 0.3 is 5.97 Å². The van der Waals surface area contributed by atoms with E-state index in [1.54, 1.807) is 0 Å². The number of esters is 1. The van der Waals surface area contributed by atoms with Crippen LogP contribution in [0.15, 0.2) is 24.8 Å². The number of ether oxygens (including phenoxy) is 2. The van der Waals surface area contributed by atoms with Crippen LogP contribution in [-0.4, -0.2) is 40.2 Å². The Balaban J connectivity index is 2.78. The van der Waals surface area contributed by atoms with Crippen LogP contribution in [0.4, 0.5) is 0 Å². The van der Waals surface area contributed by atoms with Gasteiger partial charge in [-0.3, -0.25) is 4.79 Å². The molecule has 1 aliphatic heterocycles. The predicted molar refractivity (Wildman–Crippen MR) is 100 cm³/mol. The van der Waals surface area contributed by atoms with Crippen molar-refractivity contribution in [2.45, 2.75) is 64.5 Å². The molecule has 0 aromatic rings. The van der Waals surface area contributed by atoms with E-state index in [1.807, 2.05) is 19.1 Å². The van der Waals surface area contributed by atoms with Crippen molar-refractivity contribution in [2.24, 2.45) is 11.8 Å². The lowest BCUT2D eigenvalue weighted by atomic mass is 9.85. The highest BCUT2D eigenvalue weighted by molar-refractivity contribution is 6.74. The van der Waals surface area contributed by atoms with Gasteiger partial charge in [-0.1, -0.05) is 45.9 Å². The summed E-state index contributed by atoms with van der Waals surface area (Å²) in [5.41, 5.74) is 0. The molecule has 138 valence electrons. The molecule has 0 aromatic carbocycles. The smallest absolute Gasteiger partial charge is 0.309 e. The molecule has 5 heteroatoms. The Hall–Kier alpha value is -0.913. The van der Waals surface area contributed by atoms with Crippen molar-refractivity contribution in [3.05, 3.63) is 24.8 Å². The minimum atomic E-state index is -1.80. The van der Waals surface area contributed by atoms with Crippen LogP contribution in [-0.2, 0) is 18.7 Å². The zero-order chi connectivity index (χ0) is 18.5. The molecule has 1 unspecified atom stereocenters. The van der Waals surface area contributed by atoms with Crippen molar-refractivity contribution in [1.29, 1.82) is 0 Å². The van der Waals surface area contributed by atoms with Crippen LogP contribution >= 0.6 is 0 Å². The lowest BCUT2D eigenvalue weighted by molar-refractivity contribution is -0.149. The molecule has 0 aliphatic carbocycles. The highest BCUT2D eigenvalue weighted by Gasteiger charge is 2.39. The molecule has 0 aromatic heterocycles. The maximum absolute atomic E-state index is 11.9. The number of methoxy groups -OCH3 is 1. The highest BCUT2D eigenvalue weighted by Crippen LogP contribution is 2.37. The Morgan fingerprint density at radius 3 is 2.50 bits per heavy atom. The normalized spacial score (nSPS) is 26.0. The van der Waals surface area contributed by atoms with E-state index >= 15 is 0 Å². The summed E-state index contributed by atoms with van der Waals surface area (Å²) in [5.74, 6) is -0.448. The van der Waals surface area contributed by atoms with E-state index in [0.717, 1.165) is 0 Å². The number of hydrogen-bond acceptors (Lipinski definition) is 4. The number of hydrogen-bond donors (Lipinski definition) is 0. The van der Waals surface area contributed by atoms with Gasteiger partial charge in [-0.15, -0.1) is 6.58 Å². The van der Waals surface area contributed by atoms with Crippen LogP contribution in [0.2, 0.25) is 18.1 Å². The van der Waals surface area contributed by atoms with Gasteiger partial charge in [0.05, 0.1) is 31.8 Å². The summed E-state index contributed by atoms with van der Waals surface area (Å²) in [4.78, 5) is 11.9. The van der Waals surface area contributed by atoms with Gasteiger partial charge in [0.15, 0.2) is 8.32 Å². The molecule has 1 aliphatic rings. The van der Waals surface area contributed by atoms with Crippen molar-refractivity contribution in [1.82, 2.24) is 0 Å². The summed E-state index contributed by atoms with van der Waals surface area (Å²) in [5, 5.41) is 0.174. The van der Waals surface area contributed by atoms with E-state index in [4.69, 9.17) is 13.9 Å². The molecule has 0 N–H and O–H groups in total. The molecular formula is C19H34O4Si. The third-order valence-electron chi connectivity index (χ3n) is 5.29. The summed E-state index contributed by atoms with van der Waals surface area (Å²) >= 11 is 0. The Bertz CT molecular complexity index is 464. The topological polar surface area (TPSA) is 44.8 Å². The van der Waals surface area contributed by atoms with Crippen molar-refractivity contribution in [2.75, 3.05) is 13.7 Å². The van der Waals surface area contributed by atoms with E-state index in [1.165, 1.54) is 7.11 Å². The standard InChI is InChI=1S/C19H34O4Si/c1-9-10-17-16(14(2)18(20)21-6)12-11-15(23-17)13-22-24(7,8)19(3,4)5/h9,11-12,14-17H,1,10,13H2,2-8H3/t14?,15-,16+,17+/m0/s1. The van der Waals surface area contributed by atoms with Crippen LogP contribution in [0, 0.1) is 11.8 Å². The number of rotatable bonds is 7. The van der Waals surface area contributed by atoms with Gasteiger partial charge in [-0.2, -0.15) is 0 Å². The first kappa shape index (κ1) is 21.1. The second-order valence-electron chi connectivity index (χ2n) is 8.08. The predicted octanol–water partition coefficient (Wildman–Crippen LogP) is 4.33. The van der Waals surface area contributed by atoms with Gasteiger partial charge in [-0.05, 0) is 24.6 Å². The fourth-order valence-electron chi connectivity index (χ4n) is 2.55. The molecule has 4 nitrogen and oxygen atoms in total. The van der Waals surface area contributed by atoms with Crippen molar-refractivity contribution in [3.63, 3.8) is 0 Å². The second kappa shape index (κ2) is 8.45.